The van der Waals surface area contributed by atoms with Crippen LogP contribution in [0.4, 0.5) is 29.5 Å². The van der Waals surface area contributed by atoms with Gasteiger partial charge < -0.3 is 15.7 Å². The SMILES string of the molecule is CC(C)Nc1nc(N[C@H](C)C(F)(F)F)nc(C2=C(F)C(O)CCCC2)n1. The first-order valence-corrected chi connectivity index (χ1v) is 8.50. The van der Waals surface area contributed by atoms with Crippen molar-refractivity contribution in [3.63, 3.8) is 0 Å². The molecular formula is C16H23F4N5O. The van der Waals surface area contributed by atoms with Crippen LogP contribution in [0, 0.1) is 0 Å². The minimum atomic E-state index is -4.48. The van der Waals surface area contributed by atoms with E-state index in [1.54, 1.807) is 0 Å². The monoisotopic (exact) mass is 377 g/mol. The molecule has 0 amide bonds. The molecule has 1 aliphatic carbocycles. The van der Waals surface area contributed by atoms with E-state index in [1.165, 1.54) is 0 Å². The maximum Gasteiger partial charge on any atom is 0.408 e. The topological polar surface area (TPSA) is 83.0 Å². The number of alkyl halides is 3. The largest absolute Gasteiger partial charge is 0.408 e. The van der Waals surface area contributed by atoms with E-state index in [0.29, 0.717) is 19.3 Å². The highest BCUT2D eigenvalue weighted by Crippen LogP contribution is 2.31. The smallest absolute Gasteiger partial charge is 0.386 e. The summed E-state index contributed by atoms with van der Waals surface area (Å²) in [6.45, 7) is 4.56. The summed E-state index contributed by atoms with van der Waals surface area (Å²) in [6, 6.07) is -1.97. The van der Waals surface area contributed by atoms with Crippen LogP contribution in [0.1, 0.15) is 52.3 Å². The predicted molar refractivity (Wildman–Crippen MR) is 90.2 cm³/mol. The molecule has 10 heteroatoms. The number of rotatable bonds is 5. The highest BCUT2D eigenvalue weighted by atomic mass is 19.4. The number of aliphatic hydroxyl groups excluding tert-OH is 1. The van der Waals surface area contributed by atoms with E-state index < -0.39 is 24.1 Å². The predicted octanol–water partition coefficient (Wildman–Crippen LogP) is 3.67. The number of hydrogen-bond acceptors (Lipinski definition) is 6. The molecule has 1 heterocycles. The molecule has 1 aromatic heterocycles. The molecule has 146 valence electrons. The third-order valence-electron chi connectivity index (χ3n) is 3.89. The zero-order valence-electron chi connectivity index (χ0n) is 14.9. The van der Waals surface area contributed by atoms with Crippen molar-refractivity contribution in [2.24, 2.45) is 0 Å². The van der Waals surface area contributed by atoms with Crippen molar-refractivity contribution in [1.82, 2.24) is 15.0 Å². The zero-order valence-corrected chi connectivity index (χ0v) is 14.9. The van der Waals surface area contributed by atoms with Gasteiger partial charge in [0, 0.05) is 11.6 Å². The van der Waals surface area contributed by atoms with Gasteiger partial charge in [0.05, 0.1) is 0 Å². The second-order valence-electron chi connectivity index (χ2n) is 6.60. The molecule has 0 saturated heterocycles. The number of halogens is 4. The Morgan fingerprint density at radius 3 is 2.23 bits per heavy atom. The summed E-state index contributed by atoms with van der Waals surface area (Å²) >= 11 is 0. The van der Waals surface area contributed by atoms with Gasteiger partial charge in [-0.1, -0.05) is 6.42 Å². The summed E-state index contributed by atoms with van der Waals surface area (Å²) in [7, 11) is 0. The quantitative estimate of drug-likeness (QED) is 0.679. The normalized spacial score (nSPS) is 20.1. The number of nitrogens with one attached hydrogen (secondary N) is 2. The fraction of sp³-hybridized carbons (Fsp3) is 0.688. The van der Waals surface area contributed by atoms with Crippen molar-refractivity contribution >= 4 is 17.5 Å². The first kappa shape index (κ1) is 20.3. The minimum Gasteiger partial charge on any atom is -0.386 e. The number of nitrogens with zero attached hydrogens (tertiary/aromatic N) is 3. The molecule has 26 heavy (non-hydrogen) atoms. The molecule has 0 spiro atoms. The molecular weight excluding hydrogens is 354 g/mol. The van der Waals surface area contributed by atoms with E-state index in [1.807, 2.05) is 13.8 Å². The Morgan fingerprint density at radius 1 is 1.04 bits per heavy atom. The van der Waals surface area contributed by atoms with Crippen molar-refractivity contribution in [2.75, 3.05) is 10.6 Å². The average Bonchev–Trinajstić information content (AvgIpc) is 2.67. The fourth-order valence-electron chi connectivity index (χ4n) is 2.48. The number of aromatic nitrogens is 3. The Bertz CT molecular complexity index is 663. The second-order valence-corrected chi connectivity index (χ2v) is 6.60. The lowest BCUT2D eigenvalue weighted by atomic mass is 10.1. The van der Waals surface area contributed by atoms with Gasteiger partial charge in [0.25, 0.3) is 0 Å². The first-order valence-electron chi connectivity index (χ1n) is 8.50. The summed E-state index contributed by atoms with van der Waals surface area (Å²) in [5.41, 5.74) is 0.104. The van der Waals surface area contributed by atoms with Gasteiger partial charge in [-0.15, -0.1) is 0 Å². The van der Waals surface area contributed by atoms with Gasteiger partial charge in [0.2, 0.25) is 11.9 Å². The molecule has 0 fully saturated rings. The van der Waals surface area contributed by atoms with Crippen molar-refractivity contribution < 1.29 is 22.7 Å². The van der Waals surface area contributed by atoms with E-state index in [2.05, 4.69) is 25.6 Å². The molecule has 0 radical (unpaired) electrons. The second kappa shape index (κ2) is 8.15. The summed E-state index contributed by atoms with van der Waals surface area (Å²) in [5.74, 6) is -1.07. The van der Waals surface area contributed by atoms with Gasteiger partial charge in [-0.3, -0.25) is 0 Å². The maximum atomic E-state index is 14.5. The van der Waals surface area contributed by atoms with Crippen LogP contribution >= 0.6 is 0 Å². The van der Waals surface area contributed by atoms with Gasteiger partial charge in [0.15, 0.2) is 5.82 Å². The van der Waals surface area contributed by atoms with Crippen LogP contribution in [0.5, 0.6) is 0 Å². The van der Waals surface area contributed by atoms with E-state index in [-0.39, 0.29) is 35.8 Å². The third-order valence-corrected chi connectivity index (χ3v) is 3.89. The van der Waals surface area contributed by atoms with Crippen LogP contribution in [-0.2, 0) is 0 Å². The van der Waals surface area contributed by atoms with Gasteiger partial charge in [-0.2, -0.15) is 28.1 Å². The summed E-state index contributed by atoms with van der Waals surface area (Å²) < 4.78 is 52.9. The molecule has 2 rings (SSSR count). The highest BCUT2D eigenvalue weighted by Gasteiger charge is 2.36. The molecule has 1 unspecified atom stereocenters. The van der Waals surface area contributed by atoms with Crippen LogP contribution in [-0.4, -0.2) is 44.4 Å². The summed E-state index contributed by atoms with van der Waals surface area (Å²) in [5, 5.41) is 14.9. The highest BCUT2D eigenvalue weighted by molar-refractivity contribution is 5.64. The molecule has 0 aliphatic heterocycles. The molecule has 0 bridgehead atoms. The molecule has 1 aromatic rings. The summed E-state index contributed by atoms with van der Waals surface area (Å²) in [4.78, 5) is 12.0. The lowest BCUT2D eigenvalue weighted by Gasteiger charge is -2.19. The Kier molecular flexibility index (Phi) is 6.38. The van der Waals surface area contributed by atoms with Gasteiger partial charge in [0.1, 0.15) is 18.0 Å². The van der Waals surface area contributed by atoms with Crippen molar-refractivity contribution in [3.8, 4) is 0 Å². The van der Waals surface area contributed by atoms with Crippen LogP contribution < -0.4 is 10.6 Å². The third kappa shape index (κ3) is 5.26. The molecule has 0 aromatic carbocycles. The lowest BCUT2D eigenvalue weighted by Crippen LogP contribution is -2.34. The Hall–Kier alpha value is -1.97. The molecule has 1 aliphatic rings. The van der Waals surface area contributed by atoms with Gasteiger partial charge >= 0.3 is 6.18 Å². The number of allylic oxidation sites excluding steroid dienone is 1. The Morgan fingerprint density at radius 2 is 1.65 bits per heavy atom. The first-order chi connectivity index (χ1) is 12.1. The van der Waals surface area contributed by atoms with E-state index in [4.69, 9.17) is 0 Å². The van der Waals surface area contributed by atoms with E-state index in [9.17, 15) is 22.7 Å². The fourth-order valence-corrected chi connectivity index (χ4v) is 2.48. The molecule has 0 saturated carbocycles. The van der Waals surface area contributed by atoms with Crippen LogP contribution in [0.15, 0.2) is 5.83 Å². The van der Waals surface area contributed by atoms with E-state index in [0.717, 1.165) is 6.92 Å². The lowest BCUT2D eigenvalue weighted by molar-refractivity contribution is -0.138. The zero-order chi connectivity index (χ0) is 19.5. The van der Waals surface area contributed by atoms with Gasteiger partial charge in [-0.05, 0) is 40.0 Å². The Balaban J connectivity index is 2.44. The number of hydrogen-bond donors (Lipinski definition) is 3. The van der Waals surface area contributed by atoms with E-state index >= 15 is 0 Å². The average molecular weight is 377 g/mol. The minimum absolute atomic E-state index is 0.0425. The standard InChI is InChI=1S/C16H23F4N5O/c1-8(2)21-14-23-13(10-6-4-5-7-11(26)12(10)17)24-15(25-14)22-9(3)16(18,19)20/h8-9,11,26H,4-7H2,1-3H3,(H2,21,22,23,24,25)/t9-,11?/m1/s1. The molecule has 6 nitrogen and oxygen atoms in total. The number of anilines is 2. The molecule has 2 atom stereocenters. The van der Waals surface area contributed by atoms with Crippen LogP contribution in [0.3, 0.4) is 0 Å². The van der Waals surface area contributed by atoms with Crippen molar-refractivity contribution in [3.05, 3.63) is 11.7 Å². The van der Waals surface area contributed by atoms with Crippen molar-refractivity contribution in [1.29, 1.82) is 0 Å². The number of aliphatic hydroxyl groups is 1. The maximum absolute atomic E-state index is 14.5. The van der Waals surface area contributed by atoms with Crippen LogP contribution in [0.25, 0.3) is 5.57 Å². The van der Waals surface area contributed by atoms with Crippen LogP contribution in [0.2, 0.25) is 0 Å². The summed E-state index contributed by atoms with van der Waals surface area (Å²) in [6.07, 6.45) is -3.90. The van der Waals surface area contributed by atoms with Crippen molar-refractivity contribution in [2.45, 2.75) is 70.8 Å². The molecule has 3 N–H and O–H groups in total. The van der Waals surface area contributed by atoms with Gasteiger partial charge in [-0.25, -0.2) is 4.39 Å². The Labute approximate surface area is 149 Å².